The summed E-state index contributed by atoms with van der Waals surface area (Å²) in [5.74, 6) is -0.814. The molecule has 0 N–H and O–H groups in total. The van der Waals surface area contributed by atoms with Gasteiger partial charge in [-0.05, 0) is 35.9 Å². The molecule has 0 aliphatic heterocycles. The number of hydrogen-bond acceptors (Lipinski definition) is 3. The van der Waals surface area contributed by atoms with Crippen LogP contribution in [-0.2, 0) is 9.84 Å². The summed E-state index contributed by atoms with van der Waals surface area (Å²) in [7, 11) is -3.63. The number of nitrogens with zero attached hydrogens (tertiary/aromatic N) is 1. The van der Waals surface area contributed by atoms with Crippen LogP contribution in [0, 0.1) is 5.82 Å². The standard InChI is InChI=1S/C18H12Cl2FNO2S/c1-25(23,24)17-7-5-12(10-16(17)21)18-13(3-2-8-22-18)11-4-6-14(19)15(20)9-11/h2-10H,1H3. The zero-order valence-corrected chi connectivity index (χ0v) is 15.3. The van der Waals surface area contributed by atoms with Crippen molar-refractivity contribution in [3.05, 3.63) is 70.6 Å². The molecule has 1 heterocycles. The Morgan fingerprint density at radius 3 is 2.32 bits per heavy atom. The summed E-state index contributed by atoms with van der Waals surface area (Å²) in [5, 5.41) is 0.826. The van der Waals surface area contributed by atoms with Crippen LogP contribution in [0.25, 0.3) is 22.4 Å². The lowest BCUT2D eigenvalue weighted by Crippen LogP contribution is -2.01. The molecule has 0 radical (unpaired) electrons. The van der Waals surface area contributed by atoms with Gasteiger partial charge in [0.15, 0.2) is 9.84 Å². The maximum Gasteiger partial charge on any atom is 0.178 e. The quantitative estimate of drug-likeness (QED) is 0.606. The topological polar surface area (TPSA) is 47.0 Å². The van der Waals surface area contributed by atoms with E-state index in [1.165, 1.54) is 18.2 Å². The van der Waals surface area contributed by atoms with Gasteiger partial charge in [-0.3, -0.25) is 4.98 Å². The summed E-state index contributed by atoms with van der Waals surface area (Å²) in [5.41, 5.74) is 2.48. The highest BCUT2D eigenvalue weighted by molar-refractivity contribution is 7.90. The molecule has 3 rings (SSSR count). The minimum absolute atomic E-state index is 0.344. The summed E-state index contributed by atoms with van der Waals surface area (Å²) >= 11 is 12.0. The van der Waals surface area contributed by atoms with Crippen LogP contribution in [0.1, 0.15) is 0 Å². The molecule has 0 saturated heterocycles. The molecular weight excluding hydrogens is 384 g/mol. The van der Waals surface area contributed by atoms with Crippen molar-refractivity contribution in [2.75, 3.05) is 6.26 Å². The van der Waals surface area contributed by atoms with Crippen molar-refractivity contribution in [1.82, 2.24) is 4.98 Å². The van der Waals surface area contributed by atoms with Gasteiger partial charge in [-0.2, -0.15) is 0 Å². The number of sulfone groups is 1. The van der Waals surface area contributed by atoms with E-state index in [2.05, 4.69) is 4.98 Å². The third kappa shape index (κ3) is 3.68. The number of rotatable bonds is 3. The Kier molecular flexibility index (Phi) is 4.82. The molecule has 0 fully saturated rings. The first-order chi connectivity index (χ1) is 11.8. The molecule has 0 atom stereocenters. The van der Waals surface area contributed by atoms with Gasteiger partial charge in [0.05, 0.1) is 15.7 Å². The average molecular weight is 396 g/mol. The van der Waals surface area contributed by atoms with Gasteiger partial charge < -0.3 is 0 Å². The molecule has 7 heteroatoms. The highest BCUT2D eigenvalue weighted by Gasteiger charge is 2.16. The lowest BCUT2D eigenvalue weighted by atomic mass is 9.99. The van der Waals surface area contributed by atoms with E-state index >= 15 is 0 Å². The van der Waals surface area contributed by atoms with Gasteiger partial charge >= 0.3 is 0 Å². The van der Waals surface area contributed by atoms with Crippen molar-refractivity contribution < 1.29 is 12.8 Å². The highest BCUT2D eigenvalue weighted by atomic mass is 35.5. The molecule has 0 spiro atoms. The van der Waals surface area contributed by atoms with E-state index in [-0.39, 0.29) is 4.90 Å². The smallest absolute Gasteiger partial charge is 0.178 e. The molecule has 3 aromatic rings. The lowest BCUT2D eigenvalue weighted by Gasteiger charge is -2.11. The van der Waals surface area contributed by atoms with Crippen LogP contribution in [0.5, 0.6) is 0 Å². The van der Waals surface area contributed by atoms with E-state index in [1.807, 2.05) is 6.07 Å². The summed E-state index contributed by atoms with van der Waals surface area (Å²) < 4.78 is 37.4. The summed E-state index contributed by atoms with van der Waals surface area (Å²) in [6.07, 6.45) is 2.55. The summed E-state index contributed by atoms with van der Waals surface area (Å²) in [4.78, 5) is 3.97. The second-order valence-electron chi connectivity index (χ2n) is 5.45. The third-order valence-corrected chi connectivity index (χ3v) is 5.51. The summed E-state index contributed by atoms with van der Waals surface area (Å²) in [6, 6.07) is 12.7. The average Bonchev–Trinajstić information content (AvgIpc) is 2.56. The second-order valence-corrected chi connectivity index (χ2v) is 8.24. The van der Waals surface area contributed by atoms with Gasteiger partial charge in [0.2, 0.25) is 0 Å². The van der Waals surface area contributed by atoms with Crippen molar-refractivity contribution in [1.29, 1.82) is 0 Å². The Morgan fingerprint density at radius 2 is 1.68 bits per heavy atom. The number of benzene rings is 2. The van der Waals surface area contributed by atoms with E-state index in [0.717, 1.165) is 17.4 Å². The van der Waals surface area contributed by atoms with Gasteiger partial charge in [-0.25, -0.2) is 12.8 Å². The zero-order chi connectivity index (χ0) is 18.2. The van der Waals surface area contributed by atoms with Gasteiger partial charge in [-0.15, -0.1) is 0 Å². The molecule has 0 unspecified atom stereocenters. The molecule has 0 saturated carbocycles. The lowest BCUT2D eigenvalue weighted by molar-refractivity contribution is 0.571. The molecular formula is C18H12Cl2FNO2S. The predicted octanol–water partition coefficient (Wildman–Crippen LogP) is 5.27. The largest absolute Gasteiger partial charge is 0.256 e. The van der Waals surface area contributed by atoms with Crippen LogP contribution in [0.2, 0.25) is 10.0 Å². The number of pyridine rings is 1. The second kappa shape index (κ2) is 6.75. The Morgan fingerprint density at radius 1 is 0.960 bits per heavy atom. The Labute approximate surface area is 155 Å². The zero-order valence-electron chi connectivity index (χ0n) is 13.0. The Hall–Kier alpha value is -1.95. The number of hydrogen-bond donors (Lipinski definition) is 0. The molecule has 2 aromatic carbocycles. The Bertz CT molecular complexity index is 1070. The van der Waals surface area contributed by atoms with E-state index in [1.54, 1.807) is 30.5 Å². The normalized spacial score (nSPS) is 11.5. The molecule has 0 aliphatic carbocycles. The van der Waals surface area contributed by atoms with Crippen LogP contribution >= 0.6 is 23.2 Å². The first-order valence-electron chi connectivity index (χ1n) is 7.18. The van der Waals surface area contributed by atoms with Crippen molar-refractivity contribution in [3.8, 4) is 22.4 Å². The molecule has 128 valence electrons. The van der Waals surface area contributed by atoms with Crippen LogP contribution in [0.4, 0.5) is 4.39 Å². The first-order valence-corrected chi connectivity index (χ1v) is 9.82. The molecule has 0 aliphatic rings. The number of halogens is 3. The van der Waals surface area contributed by atoms with Gasteiger partial charge in [-0.1, -0.05) is 41.4 Å². The maximum atomic E-state index is 14.2. The van der Waals surface area contributed by atoms with Crippen LogP contribution in [-0.4, -0.2) is 19.7 Å². The molecule has 3 nitrogen and oxygen atoms in total. The van der Waals surface area contributed by atoms with Crippen LogP contribution in [0.3, 0.4) is 0 Å². The molecule has 1 aromatic heterocycles. The molecule has 25 heavy (non-hydrogen) atoms. The fourth-order valence-electron chi connectivity index (χ4n) is 2.48. The van der Waals surface area contributed by atoms with Crippen molar-refractivity contribution in [2.45, 2.75) is 4.90 Å². The van der Waals surface area contributed by atoms with E-state index in [4.69, 9.17) is 23.2 Å². The van der Waals surface area contributed by atoms with E-state index in [9.17, 15) is 12.8 Å². The third-order valence-electron chi connectivity index (χ3n) is 3.64. The highest BCUT2D eigenvalue weighted by Crippen LogP contribution is 2.34. The maximum absolute atomic E-state index is 14.2. The van der Waals surface area contributed by atoms with E-state index in [0.29, 0.717) is 21.3 Å². The Balaban J connectivity index is 2.16. The minimum Gasteiger partial charge on any atom is -0.256 e. The van der Waals surface area contributed by atoms with E-state index < -0.39 is 15.7 Å². The van der Waals surface area contributed by atoms with Crippen LogP contribution in [0.15, 0.2) is 59.6 Å². The SMILES string of the molecule is CS(=O)(=O)c1ccc(-c2ncccc2-c2ccc(Cl)c(Cl)c2)cc1F. The van der Waals surface area contributed by atoms with Gasteiger partial charge in [0.1, 0.15) is 10.7 Å². The predicted molar refractivity (Wildman–Crippen MR) is 98.2 cm³/mol. The first kappa shape index (κ1) is 17.9. The van der Waals surface area contributed by atoms with Crippen LogP contribution < -0.4 is 0 Å². The molecule has 0 bridgehead atoms. The molecule has 0 amide bonds. The van der Waals surface area contributed by atoms with Crippen molar-refractivity contribution in [3.63, 3.8) is 0 Å². The van der Waals surface area contributed by atoms with Gasteiger partial charge in [0, 0.05) is 23.6 Å². The minimum atomic E-state index is -3.63. The fraction of sp³-hybridized carbons (Fsp3) is 0.0556. The van der Waals surface area contributed by atoms with Gasteiger partial charge in [0.25, 0.3) is 0 Å². The monoisotopic (exact) mass is 395 g/mol. The fourth-order valence-corrected chi connectivity index (χ4v) is 3.51. The summed E-state index contributed by atoms with van der Waals surface area (Å²) in [6.45, 7) is 0. The van der Waals surface area contributed by atoms with Crippen molar-refractivity contribution in [2.24, 2.45) is 0 Å². The van der Waals surface area contributed by atoms with Crippen molar-refractivity contribution >= 4 is 33.0 Å². The number of aromatic nitrogens is 1.